The van der Waals surface area contributed by atoms with E-state index < -0.39 is 19.1 Å². The van der Waals surface area contributed by atoms with Gasteiger partial charge in [-0.1, -0.05) is 23.2 Å². The van der Waals surface area contributed by atoms with E-state index in [0.717, 1.165) is 0 Å². The van der Waals surface area contributed by atoms with E-state index in [0.29, 0.717) is 0 Å². The topological polar surface area (TPSA) is 78.2 Å². The SMILES string of the molecule is C[Si](C)(C)Oc1nnc([N+](=O)[O-])c(Cl)c1Cl. The molecule has 16 heavy (non-hydrogen) atoms. The predicted molar refractivity (Wildman–Crippen MR) is 62.7 cm³/mol. The van der Waals surface area contributed by atoms with Gasteiger partial charge in [-0.2, -0.15) is 0 Å². The van der Waals surface area contributed by atoms with Crippen LogP contribution in [-0.2, 0) is 0 Å². The van der Waals surface area contributed by atoms with Gasteiger partial charge in [0.05, 0.1) is 5.10 Å². The van der Waals surface area contributed by atoms with Crippen LogP contribution in [0.2, 0.25) is 29.7 Å². The maximum absolute atomic E-state index is 10.5. The molecule has 1 rings (SSSR count). The van der Waals surface area contributed by atoms with Gasteiger partial charge in [0.15, 0.2) is 5.02 Å². The summed E-state index contributed by atoms with van der Waals surface area (Å²) in [5.74, 6) is -0.536. The van der Waals surface area contributed by atoms with Gasteiger partial charge in [-0.05, 0) is 24.6 Å². The number of nitrogens with zero attached hydrogens (tertiary/aromatic N) is 3. The molecule has 9 heteroatoms. The minimum absolute atomic E-state index is 0.0384. The third-order valence-electron chi connectivity index (χ3n) is 1.39. The zero-order valence-electron chi connectivity index (χ0n) is 8.82. The van der Waals surface area contributed by atoms with E-state index >= 15 is 0 Å². The number of nitro groups is 1. The molecule has 0 saturated heterocycles. The van der Waals surface area contributed by atoms with Crippen LogP contribution in [0.5, 0.6) is 5.88 Å². The molecule has 6 nitrogen and oxygen atoms in total. The van der Waals surface area contributed by atoms with Gasteiger partial charge in [0.25, 0.3) is 5.88 Å². The van der Waals surface area contributed by atoms with E-state index in [1.165, 1.54) is 0 Å². The highest BCUT2D eigenvalue weighted by atomic mass is 35.5. The highest BCUT2D eigenvalue weighted by Crippen LogP contribution is 2.35. The average Bonchev–Trinajstić information content (AvgIpc) is 2.10. The van der Waals surface area contributed by atoms with Crippen LogP contribution < -0.4 is 4.43 Å². The lowest BCUT2D eigenvalue weighted by Crippen LogP contribution is -2.30. The molecule has 1 heterocycles. The zero-order valence-corrected chi connectivity index (χ0v) is 11.3. The molecule has 0 aromatic carbocycles. The first-order valence-electron chi connectivity index (χ1n) is 4.27. The second kappa shape index (κ2) is 4.52. The molecule has 0 atom stereocenters. The van der Waals surface area contributed by atoms with Crippen LogP contribution in [0.3, 0.4) is 0 Å². The maximum Gasteiger partial charge on any atom is 0.411 e. The molecule has 0 aliphatic rings. The summed E-state index contributed by atoms with van der Waals surface area (Å²) in [6, 6.07) is 0. The molecule has 88 valence electrons. The van der Waals surface area contributed by atoms with Crippen molar-refractivity contribution in [2.45, 2.75) is 19.6 Å². The number of hydrogen-bond acceptors (Lipinski definition) is 5. The highest BCUT2D eigenvalue weighted by molar-refractivity contribution is 6.70. The Balaban J connectivity index is 3.17. The van der Waals surface area contributed by atoms with E-state index in [9.17, 15) is 10.1 Å². The molecular formula is C7H9Cl2N3O3Si. The van der Waals surface area contributed by atoms with E-state index in [1.807, 2.05) is 19.6 Å². The predicted octanol–water partition coefficient (Wildman–Crippen LogP) is 2.91. The molecule has 0 spiro atoms. The molecule has 1 aromatic heterocycles. The summed E-state index contributed by atoms with van der Waals surface area (Å²) >= 11 is 11.5. The number of aromatic nitrogens is 2. The van der Waals surface area contributed by atoms with Gasteiger partial charge < -0.3 is 14.5 Å². The molecule has 0 fully saturated rings. The molecule has 0 N–H and O–H groups in total. The van der Waals surface area contributed by atoms with Gasteiger partial charge >= 0.3 is 5.82 Å². The molecule has 0 aliphatic heterocycles. The summed E-state index contributed by atoms with van der Waals surface area (Å²) < 4.78 is 5.47. The quantitative estimate of drug-likeness (QED) is 0.484. The maximum atomic E-state index is 10.5. The first kappa shape index (κ1) is 13.1. The standard InChI is InChI=1S/C7H9Cl2N3O3Si/c1-16(2,3)15-7-5(9)4(8)6(10-11-7)12(13)14/h1-3H3. The monoisotopic (exact) mass is 281 g/mol. The fourth-order valence-corrected chi connectivity index (χ4v) is 1.98. The van der Waals surface area contributed by atoms with Crippen molar-refractivity contribution in [3.05, 3.63) is 20.2 Å². The van der Waals surface area contributed by atoms with Crippen molar-refractivity contribution < 1.29 is 9.35 Å². The van der Waals surface area contributed by atoms with Crippen LogP contribution in [0.1, 0.15) is 0 Å². The molecule has 0 amide bonds. The highest BCUT2D eigenvalue weighted by Gasteiger charge is 2.26. The van der Waals surface area contributed by atoms with Crippen molar-refractivity contribution in [3.63, 3.8) is 0 Å². The third-order valence-corrected chi connectivity index (χ3v) is 3.00. The molecule has 0 saturated carbocycles. The van der Waals surface area contributed by atoms with Gasteiger partial charge in [0.2, 0.25) is 8.32 Å². The number of hydrogen-bond donors (Lipinski definition) is 0. The first-order valence-corrected chi connectivity index (χ1v) is 8.44. The Kier molecular flexibility index (Phi) is 3.71. The van der Waals surface area contributed by atoms with E-state index in [2.05, 4.69) is 10.2 Å². The summed E-state index contributed by atoms with van der Waals surface area (Å²) in [4.78, 5) is 9.75. The van der Waals surface area contributed by atoms with Crippen LogP contribution in [0, 0.1) is 10.1 Å². The van der Waals surface area contributed by atoms with Gasteiger partial charge in [-0.25, -0.2) is 0 Å². The molecule has 0 aliphatic carbocycles. The summed E-state index contributed by atoms with van der Waals surface area (Å²) in [6.07, 6.45) is 0. The lowest BCUT2D eigenvalue weighted by molar-refractivity contribution is -0.390. The Labute approximate surface area is 103 Å². The van der Waals surface area contributed by atoms with Gasteiger partial charge in [0.1, 0.15) is 5.02 Å². The molecular weight excluding hydrogens is 273 g/mol. The van der Waals surface area contributed by atoms with Crippen LogP contribution in [0.25, 0.3) is 0 Å². The van der Waals surface area contributed by atoms with Crippen LogP contribution >= 0.6 is 23.2 Å². The lowest BCUT2D eigenvalue weighted by Gasteiger charge is -2.17. The van der Waals surface area contributed by atoms with E-state index in [-0.39, 0.29) is 15.9 Å². The second-order valence-corrected chi connectivity index (χ2v) is 9.11. The first-order chi connectivity index (χ1) is 7.22. The summed E-state index contributed by atoms with van der Waals surface area (Å²) in [5.41, 5.74) is 0. The fourth-order valence-electron chi connectivity index (χ4n) is 0.845. The Hall–Kier alpha value is -0.923. The average molecular weight is 282 g/mol. The van der Waals surface area contributed by atoms with Crippen LogP contribution in [-0.4, -0.2) is 23.4 Å². The third kappa shape index (κ3) is 3.03. The second-order valence-electron chi connectivity index (χ2n) is 3.93. The molecule has 0 bridgehead atoms. The lowest BCUT2D eigenvalue weighted by atomic mass is 10.5. The van der Waals surface area contributed by atoms with E-state index in [4.69, 9.17) is 27.6 Å². The van der Waals surface area contributed by atoms with Crippen molar-refractivity contribution in [2.24, 2.45) is 0 Å². The zero-order chi connectivity index (χ0) is 12.5. The Morgan fingerprint density at radius 3 is 2.25 bits per heavy atom. The molecule has 0 radical (unpaired) electrons. The minimum Gasteiger partial charge on any atom is -0.528 e. The number of halogens is 2. The Bertz CT molecular complexity index is 436. The Morgan fingerprint density at radius 1 is 1.25 bits per heavy atom. The van der Waals surface area contributed by atoms with Crippen molar-refractivity contribution >= 4 is 37.3 Å². The molecule has 0 unspecified atom stereocenters. The summed E-state index contributed by atoms with van der Waals surface area (Å²) in [6.45, 7) is 5.75. The summed E-state index contributed by atoms with van der Waals surface area (Å²) in [7, 11) is -1.91. The normalized spacial score (nSPS) is 11.3. The van der Waals surface area contributed by atoms with Crippen molar-refractivity contribution in [1.29, 1.82) is 0 Å². The molecule has 1 aromatic rings. The summed E-state index contributed by atoms with van der Waals surface area (Å²) in [5, 5.41) is 17.1. The van der Waals surface area contributed by atoms with Crippen molar-refractivity contribution in [3.8, 4) is 5.88 Å². The van der Waals surface area contributed by atoms with Crippen LogP contribution in [0.15, 0.2) is 0 Å². The Morgan fingerprint density at radius 2 is 1.81 bits per heavy atom. The smallest absolute Gasteiger partial charge is 0.411 e. The minimum atomic E-state index is -1.91. The van der Waals surface area contributed by atoms with Gasteiger partial charge in [-0.15, -0.1) is 0 Å². The van der Waals surface area contributed by atoms with Crippen molar-refractivity contribution in [1.82, 2.24) is 10.2 Å². The van der Waals surface area contributed by atoms with Gasteiger partial charge in [0, 0.05) is 5.10 Å². The van der Waals surface area contributed by atoms with Crippen LogP contribution in [0.4, 0.5) is 5.82 Å². The largest absolute Gasteiger partial charge is 0.528 e. The fraction of sp³-hybridized carbons (Fsp3) is 0.429. The van der Waals surface area contributed by atoms with E-state index in [1.54, 1.807) is 0 Å². The van der Waals surface area contributed by atoms with Crippen molar-refractivity contribution in [2.75, 3.05) is 0 Å². The van der Waals surface area contributed by atoms with Gasteiger partial charge in [-0.3, -0.25) is 0 Å². The number of rotatable bonds is 3.